The molecule has 3 saturated carbocycles. The first-order valence-corrected chi connectivity index (χ1v) is 20.7. The highest BCUT2D eigenvalue weighted by molar-refractivity contribution is 7.68. The van der Waals surface area contributed by atoms with Crippen LogP contribution in [0.5, 0.6) is 0 Å². The molecule has 0 radical (unpaired) electrons. The molecule has 4 aliphatic rings. The second kappa shape index (κ2) is 14.4. The number of ketones is 2. The fourth-order valence-corrected chi connectivity index (χ4v) is 15.8. The summed E-state index contributed by atoms with van der Waals surface area (Å²) < 4.78 is 19.4. The first-order chi connectivity index (χ1) is 25.0. The Morgan fingerprint density at radius 3 is 1.84 bits per heavy atom. The van der Waals surface area contributed by atoms with Crippen molar-refractivity contribution < 1.29 is 23.6 Å². The molecule has 3 fully saturated rings. The smallest absolute Gasteiger partial charge is 0.296 e. The third-order valence-electron chi connectivity index (χ3n) is 12.1. The predicted molar refractivity (Wildman–Crippen MR) is 202 cm³/mol. The zero-order valence-electron chi connectivity index (χ0n) is 29.0. The second-order valence-electron chi connectivity index (χ2n) is 14.8. The standard InChI is InChI=1S/C43H44FN2O4P/c44-27-40(45-50-43(49)46-51(33-12-2-3-13-33,34-14-4-5-15-34)35-16-6-7-17-35)42(48)32-23-21-30-24-29-20-22-31(25-38(29)39(30)26-32)41(47)37-19-9-11-28-10-1-8-18-36(28)37/h1,8-11,18-23,25-26,33-35H,2-7,12-17,24,27H2/b45-40+. The molecule has 0 N–H and O–H groups in total. The number of benzene rings is 4. The Morgan fingerprint density at radius 1 is 0.686 bits per heavy atom. The average molecular weight is 703 g/mol. The molecule has 0 bridgehead atoms. The van der Waals surface area contributed by atoms with Crippen molar-refractivity contribution in [2.45, 2.75) is 100 Å². The Hall–Kier alpha value is -4.22. The minimum atomic E-state index is -2.05. The lowest BCUT2D eigenvalue weighted by atomic mass is 9.94. The van der Waals surface area contributed by atoms with Gasteiger partial charge < -0.3 is 0 Å². The van der Waals surface area contributed by atoms with E-state index in [-0.39, 0.29) is 11.3 Å². The highest BCUT2D eigenvalue weighted by atomic mass is 31.2. The Labute approximate surface area is 298 Å². The highest BCUT2D eigenvalue weighted by Gasteiger charge is 2.47. The number of nitrogens with zero attached hydrogens (tertiary/aromatic N) is 2. The van der Waals surface area contributed by atoms with Crippen LogP contribution >= 0.6 is 7.05 Å². The Balaban J connectivity index is 1.06. The van der Waals surface area contributed by atoms with Crippen molar-refractivity contribution >= 4 is 41.2 Å². The summed E-state index contributed by atoms with van der Waals surface area (Å²) in [5.74, 6) is -0.706. The lowest BCUT2D eigenvalue weighted by molar-refractivity contribution is 0.103. The van der Waals surface area contributed by atoms with Crippen LogP contribution in [0.15, 0.2) is 88.8 Å². The molecule has 0 aliphatic heterocycles. The molecule has 262 valence electrons. The summed E-state index contributed by atoms with van der Waals surface area (Å²) in [5, 5.41) is 5.73. The van der Waals surface area contributed by atoms with Gasteiger partial charge in [-0.1, -0.05) is 110 Å². The zero-order chi connectivity index (χ0) is 35.0. The normalized spacial score (nSPS) is 18.3. The molecule has 0 unspecified atom stereocenters. The summed E-state index contributed by atoms with van der Waals surface area (Å²) in [6, 6.07) is 24.6. The predicted octanol–water partition coefficient (Wildman–Crippen LogP) is 11.3. The van der Waals surface area contributed by atoms with E-state index in [2.05, 4.69) is 5.16 Å². The van der Waals surface area contributed by atoms with Gasteiger partial charge in [0.1, 0.15) is 6.67 Å². The molecule has 8 rings (SSSR count). The SMILES string of the molecule is O=C(N=P(C1CCCC1)(C1CCCC1)C1CCCC1)O/N=C(\CF)C(=O)c1ccc2c(c1)-c1cc(C(=O)c3cccc4ccccc34)ccc1C2. The van der Waals surface area contributed by atoms with Crippen molar-refractivity contribution in [3.63, 3.8) is 0 Å². The number of halogens is 1. The number of rotatable bonds is 9. The van der Waals surface area contributed by atoms with E-state index >= 15 is 0 Å². The van der Waals surface area contributed by atoms with E-state index in [1.807, 2.05) is 66.7 Å². The minimum absolute atomic E-state index is 0.0744. The number of oxime groups is 1. The topological polar surface area (TPSA) is 85.2 Å². The third-order valence-corrected chi connectivity index (χ3v) is 17.6. The van der Waals surface area contributed by atoms with Gasteiger partial charge in [-0.25, -0.2) is 9.18 Å². The van der Waals surface area contributed by atoms with Crippen molar-refractivity contribution in [3.05, 3.63) is 107 Å². The molecular formula is C43H44FN2O4P. The van der Waals surface area contributed by atoms with Crippen LogP contribution in [0.25, 0.3) is 21.9 Å². The number of alkyl halides is 1. The van der Waals surface area contributed by atoms with Crippen LogP contribution in [0.3, 0.4) is 0 Å². The number of carbonyl (C=O) groups excluding carboxylic acids is 3. The van der Waals surface area contributed by atoms with Gasteiger partial charge in [-0.05, 0) is 114 Å². The van der Waals surface area contributed by atoms with Crippen molar-refractivity contribution in [1.29, 1.82) is 0 Å². The first-order valence-electron chi connectivity index (χ1n) is 18.7. The number of Topliss-reactive ketones (excluding diaryl/α,β-unsaturated/α-hetero) is 1. The minimum Gasteiger partial charge on any atom is -0.296 e. The van der Waals surface area contributed by atoms with Crippen molar-refractivity contribution in [1.82, 2.24) is 0 Å². The summed E-state index contributed by atoms with van der Waals surface area (Å²) >= 11 is 0. The monoisotopic (exact) mass is 702 g/mol. The van der Waals surface area contributed by atoms with Crippen molar-refractivity contribution in [3.8, 4) is 11.1 Å². The maximum Gasteiger partial charge on any atom is 0.458 e. The van der Waals surface area contributed by atoms with Gasteiger partial charge in [0.05, 0.1) is 0 Å². The van der Waals surface area contributed by atoms with E-state index in [0.29, 0.717) is 34.5 Å². The fourth-order valence-electron chi connectivity index (χ4n) is 9.67. The fraction of sp³-hybridized carbons (Fsp3) is 0.395. The van der Waals surface area contributed by atoms with E-state index in [4.69, 9.17) is 9.58 Å². The number of hydrogen-bond acceptors (Lipinski definition) is 5. The van der Waals surface area contributed by atoms with Gasteiger partial charge in [0.25, 0.3) is 0 Å². The van der Waals surface area contributed by atoms with Gasteiger partial charge >= 0.3 is 6.09 Å². The van der Waals surface area contributed by atoms with Gasteiger partial charge in [0, 0.05) is 16.7 Å². The molecule has 6 nitrogen and oxygen atoms in total. The molecule has 51 heavy (non-hydrogen) atoms. The van der Waals surface area contributed by atoms with Gasteiger partial charge in [-0.2, -0.15) is 4.74 Å². The number of amides is 1. The van der Waals surface area contributed by atoms with Crippen LogP contribution in [0.4, 0.5) is 9.18 Å². The largest absolute Gasteiger partial charge is 0.458 e. The molecule has 1 amide bonds. The molecule has 0 spiro atoms. The lowest BCUT2D eigenvalue weighted by Gasteiger charge is -2.40. The quantitative estimate of drug-likeness (QED) is 0.0503. The molecule has 0 atom stereocenters. The second-order valence-corrected chi connectivity index (χ2v) is 18.8. The molecule has 4 aromatic rings. The molecule has 0 aromatic heterocycles. The Bertz CT molecular complexity index is 2050. The van der Waals surface area contributed by atoms with Crippen LogP contribution in [0, 0.1) is 0 Å². The average Bonchev–Trinajstić information content (AvgIpc) is 4.01. The van der Waals surface area contributed by atoms with Crippen molar-refractivity contribution in [2.24, 2.45) is 9.90 Å². The number of fused-ring (bicyclic) bond motifs is 4. The summed E-state index contributed by atoms with van der Waals surface area (Å²) in [5.41, 5.74) is 6.14. The molecule has 0 heterocycles. The molecule has 8 heteroatoms. The van der Waals surface area contributed by atoms with Crippen LogP contribution in [0.1, 0.15) is 114 Å². The van der Waals surface area contributed by atoms with Crippen LogP contribution in [-0.2, 0) is 11.3 Å². The molecule has 0 saturated heterocycles. The van der Waals surface area contributed by atoms with Gasteiger partial charge in [-0.3, -0.25) is 14.4 Å². The lowest BCUT2D eigenvalue weighted by Crippen LogP contribution is -2.24. The maximum absolute atomic E-state index is 14.4. The van der Waals surface area contributed by atoms with E-state index in [0.717, 1.165) is 71.6 Å². The summed E-state index contributed by atoms with van der Waals surface area (Å²) in [7, 11) is -2.05. The Kier molecular flexibility index (Phi) is 9.59. The summed E-state index contributed by atoms with van der Waals surface area (Å²) in [6.07, 6.45) is 13.7. The first kappa shape index (κ1) is 33.9. The van der Waals surface area contributed by atoms with Crippen LogP contribution < -0.4 is 0 Å². The van der Waals surface area contributed by atoms with E-state index in [1.54, 1.807) is 12.1 Å². The molecule has 4 aliphatic carbocycles. The highest BCUT2D eigenvalue weighted by Crippen LogP contribution is 2.72. The van der Waals surface area contributed by atoms with Gasteiger partial charge in [0.15, 0.2) is 11.5 Å². The zero-order valence-corrected chi connectivity index (χ0v) is 29.9. The number of hydrogen-bond donors (Lipinski definition) is 0. The molecular weight excluding hydrogens is 658 g/mol. The summed E-state index contributed by atoms with van der Waals surface area (Å²) in [6.45, 7) is -1.17. The third kappa shape index (κ3) is 6.33. The van der Waals surface area contributed by atoms with Gasteiger partial charge in [0.2, 0.25) is 5.78 Å². The van der Waals surface area contributed by atoms with Gasteiger partial charge in [-0.15, -0.1) is 0 Å². The Morgan fingerprint density at radius 2 is 1.24 bits per heavy atom. The van der Waals surface area contributed by atoms with E-state index in [9.17, 15) is 18.8 Å². The summed E-state index contributed by atoms with van der Waals surface area (Å²) in [4.78, 5) is 46.3. The van der Waals surface area contributed by atoms with Crippen LogP contribution in [0.2, 0.25) is 0 Å². The van der Waals surface area contributed by atoms with Crippen molar-refractivity contribution in [2.75, 3.05) is 6.67 Å². The van der Waals surface area contributed by atoms with E-state index < -0.39 is 31.3 Å². The van der Waals surface area contributed by atoms with Crippen LogP contribution in [-0.4, -0.2) is 47.0 Å². The van der Waals surface area contributed by atoms with E-state index in [1.165, 1.54) is 38.5 Å². The molecule has 4 aromatic carbocycles. The number of carbonyl (C=O) groups is 3. The maximum atomic E-state index is 14.4.